The number of carbonyl (C=O) groups is 2. The number of ether oxygens (including phenoxy) is 1. The summed E-state index contributed by atoms with van der Waals surface area (Å²) in [7, 11) is -2.81. The highest BCUT2D eigenvalue weighted by atomic mass is 35.5. The van der Waals surface area contributed by atoms with Gasteiger partial charge in [0, 0.05) is 41.7 Å². The average molecular weight is 538 g/mol. The normalized spacial score (nSPS) is 18.6. The Morgan fingerprint density at radius 3 is 2.34 bits per heavy atom. The average Bonchev–Trinajstić information content (AvgIpc) is 2.81. The third kappa shape index (κ3) is 4.72. The molecule has 1 saturated heterocycles. The fourth-order valence-electron chi connectivity index (χ4n) is 4.25. The van der Waals surface area contributed by atoms with Crippen LogP contribution in [0.5, 0.6) is 5.75 Å². The van der Waals surface area contributed by atoms with E-state index in [0.717, 1.165) is 9.87 Å². The SMILES string of the molecule is COc1ccc(Cl)cc1S(=O)(=O)N1CCC(=O)N2C1=CN(C(C)C)C(=O)C2Cc1ccc(Cl)cc1. The first-order valence-electron chi connectivity index (χ1n) is 11.0. The molecule has 0 spiro atoms. The van der Waals surface area contributed by atoms with Crippen molar-refractivity contribution < 1.29 is 22.7 Å². The van der Waals surface area contributed by atoms with Crippen LogP contribution in [-0.4, -0.2) is 60.1 Å². The molecule has 11 heteroatoms. The summed E-state index contributed by atoms with van der Waals surface area (Å²) in [4.78, 5) is 29.2. The van der Waals surface area contributed by atoms with Gasteiger partial charge in [-0.15, -0.1) is 0 Å². The van der Waals surface area contributed by atoms with Crippen LogP contribution in [0.15, 0.2) is 59.4 Å². The van der Waals surface area contributed by atoms with Gasteiger partial charge in [0.05, 0.1) is 7.11 Å². The highest BCUT2D eigenvalue weighted by Crippen LogP contribution is 2.37. The number of benzene rings is 2. The molecule has 0 bridgehead atoms. The lowest BCUT2D eigenvalue weighted by molar-refractivity contribution is -0.148. The predicted octanol–water partition coefficient (Wildman–Crippen LogP) is 3.89. The van der Waals surface area contributed by atoms with E-state index in [-0.39, 0.29) is 58.7 Å². The van der Waals surface area contributed by atoms with Crippen molar-refractivity contribution in [1.82, 2.24) is 14.1 Å². The Labute approximate surface area is 214 Å². The second-order valence-corrected chi connectivity index (χ2v) is 11.3. The molecule has 8 nitrogen and oxygen atoms in total. The fourth-order valence-corrected chi connectivity index (χ4v) is 6.25. The molecule has 1 unspecified atom stereocenters. The summed E-state index contributed by atoms with van der Waals surface area (Å²) in [6.07, 6.45) is 1.57. The lowest BCUT2D eigenvalue weighted by Gasteiger charge is -2.47. The van der Waals surface area contributed by atoms with Gasteiger partial charge in [-0.3, -0.25) is 14.5 Å². The molecule has 35 heavy (non-hydrogen) atoms. The van der Waals surface area contributed by atoms with E-state index in [1.165, 1.54) is 41.3 Å². The number of nitrogens with zero attached hydrogens (tertiary/aromatic N) is 3. The number of fused-ring (bicyclic) bond motifs is 1. The lowest BCUT2D eigenvalue weighted by Crippen LogP contribution is -2.61. The van der Waals surface area contributed by atoms with Gasteiger partial charge in [0.15, 0.2) is 0 Å². The van der Waals surface area contributed by atoms with Gasteiger partial charge in [-0.05, 0) is 49.7 Å². The lowest BCUT2D eigenvalue weighted by atomic mass is 10.00. The monoisotopic (exact) mass is 537 g/mol. The van der Waals surface area contributed by atoms with E-state index in [4.69, 9.17) is 27.9 Å². The van der Waals surface area contributed by atoms with Crippen LogP contribution in [-0.2, 0) is 26.0 Å². The Balaban J connectivity index is 1.82. The van der Waals surface area contributed by atoms with E-state index in [9.17, 15) is 18.0 Å². The second kappa shape index (κ2) is 9.72. The van der Waals surface area contributed by atoms with Crippen LogP contribution >= 0.6 is 23.2 Å². The van der Waals surface area contributed by atoms with Gasteiger partial charge >= 0.3 is 0 Å². The second-order valence-electron chi connectivity index (χ2n) is 8.56. The Morgan fingerprint density at radius 1 is 1.06 bits per heavy atom. The number of halogens is 2. The van der Waals surface area contributed by atoms with Crippen molar-refractivity contribution in [2.75, 3.05) is 13.7 Å². The summed E-state index contributed by atoms with van der Waals surface area (Å²) in [5.74, 6) is -0.359. The molecule has 2 aromatic carbocycles. The van der Waals surface area contributed by atoms with Gasteiger partial charge in [0.1, 0.15) is 22.5 Å². The Morgan fingerprint density at radius 2 is 1.71 bits per heavy atom. The van der Waals surface area contributed by atoms with Crippen molar-refractivity contribution in [3.63, 3.8) is 0 Å². The van der Waals surface area contributed by atoms with Crippen LogP contribution in [0.4, 0.5) is 0 Å². The Kier molecular flexibility index (Phi) is 7.04. The van der Waals surface area contributed by atoms with E-state index in [1.807, 2.05) is 13.8 Å². The van der Waals surface area contributed by atoms with Crippen LogP contribution < -0.4 is 4.74 Å². The number of carbonyl (C=O) groups excluding carboxylic acids is 2. The molecule has 4 rings (SSSR count). The van der Waals surface area contributed by atoms with Gasteiger partial charge in [-0.2, -0.15) is 0 Å². The fraction of sp³-hybridized carbons (Fsp3) is 0.333. The minimum Gasteiger partial charge on any atom is -0.495 e. The molecular formula is C24H25Cl2N3O5S. The van der Waals surface area contributed by atoms with Gasteiger partial charge in [-0.25, -0.2) is 12.7 Å². The molecule has 0 saturated carbocycles. The highest BCUT2D eigenvalue weighted by Gasteiger charge is 2.47. The molecule has 0 aliphatic carbocycles. The summed E-state index contributed by atoms with van der Waals surface area (Å²) in [6.45, 7) is 3.58. The van der Waals surface area contributed by atoms with Crippen molar-refractivity contribution in [2.45, 2.75) is 43.7 Å². The number of methoxy groups -OCH3 is 1. The number of rotatable bonds is 6. The van der Waals surface area contributed by atoms with Gasteiger partial charge in [0.2, 0.25) is 11.8 Å². The van der Waals surface area contributed by atoms with Crippen LogP contribution in [0.2, 0.25) is 10.0 Å². The number of sulfonamides is 1. The van der Waals surface area contributed by atoms with Gasteiger partial charge in [-0.1, -0.05) is 35.3 Å². The molecule has 2 aliphatic rings. The minimum absolute atomic E-state index is 0.0764. The molecule has 2 amide bonds. The summed E-state index contributed by atoms with van der Waals surface area (Å²) < 4.78 is 34.1. The summed E-state index contributed by atoms with van der Waals surface area (Å²) in [5, 5.41) is 0.779. The maximum absolute atomic E-state index is 13.8. The molecular weight excluding hydrogens is 513 g/mol. The van der Waals surface area contributed by atoms with Crippen molar-refractivity contribution in [2.24, 2.45) is 0 Å². The molecule has 2 aliphatic heterocycles. The third-order valence-electron chi connectivity index (χ3n) is 6.00. The minimum atomic E-state index is -4.18. The summed E-state index contributed by atoms with van der Waals surface area (Å²) in [5.41, 5.74) is 0.794. The molecule has 0 N–H and O–H groups in total. The number of hydrogen-bond acceptors (Lipinski definition) is 5. The molecule has 0 aromatic heterocycles. The molecule has 0 radical (unpaired) electrons. The van der Waals surface area contributed by atoms with Crippen molar-refractivity contribution in [3.05, 3.63) is 70.1 Å². The summed E-state index contributed by atoms with van der Waals surface area (Å²) >= 11 is 12.1. The predicted molar refractivity (Wildman–Crippen MR) is 132 cm³/mol. The van der Waals surface area contributed by atoms with Gasteiger partial charge in [0.25, 0.3) is 10.0 Å². The van der Waals surface area contributed by atoms with Crippen LogP contribution in [0.1, 0.15) is 25.8 Å². The first-order chi connectivity index (χ1) is 16.5. The molecule has 1 atom stereocenters. The third-order valence-corrected chi connectivity index (χ3v) is 8.31. The first kappa shape index (κ1) is 25.3. The van der Waals surface area contributed by atoms with E-state index >= 15 is 0 Å². The number of amides is 2. The topological polar surface area (TPSA) is 87.2 Å². The highest BCUT2D eigenvalue weighted by molar-refractivity contribution is 7.89. The molecule has 2 heterocycles. The smallest absolute Gasteiger partial charge is 0.269 e. The standard InChI is InChI=1S/C24H25Cl2N3O5S/c1-15(2)27-14-22-28(35(32,33)21-13-18(26)8-9-20(21)34-3)11-10-23(30)29(22)19(24(27)31)12-16-4-6-17(25)7-5-16/h4-9,13-15,19H,10-12H2,1-3H3. The summed E-state index contributed by atoms with van der Waals surface area (Å²) in [6, 6.07) is 10.1. The first-order valence-corrected chi connectivity index (χ1v) is 13.2. The Bertz CT molecular complexity index is 1290. The largest absolute Gasteiger partial charge is 0.495 e. The molecule has 2 aromatic rings. The van der Waals surface area contributed by atoms with Crippen molar-refractivity contribution in [3.8, 4) is 5.75 Å². The van der Waals surface area contributed by atoms with E-state index < -0.39 is 16.1 Å². The van der Waals surface area contributed by atoms with Crippen LogP contribution in [0.3, 0.4) is 0 Å². The molecule has 1 fully saturated rings. The zero-order valence-electron chi connectivity index (χ0n) is 19.4. The van der Waals surface area contributed by atoms with Crippen molar-refractivity contribution in [1.29, 1.82) is 0 Å². The Hall–Kier alpha value is -2.75. The van der Waals surface area contributed by atoms with Crippen molar-refractivity contribution >= 4 is 45.0 Å². The van der Waals surface area contributed by atoms with Crippen LogP contribution in [0.25, 0.3) is 0 Å². The van der Waals surface area contributed by atoms with E-state index in [1.54, 1.807) is 24.3 Å². The van der Waals surface area contributed by atoms with E-state index in [0.29, 0.717) is 5.02 Å². The van der Waals surface area contributed by atoms with Crippen LogP contribution in [0, 0.1) is 0 Å². The number of hydrogen-bond donors (Lipinski definition) is 0. The van der Waals surface area contributed by atoms with Gasteiger partial charge < -0.3 is 9.64 Å². The molecule has 186 valence electrons. The maximum atomic E-state index is 13.8. The zero-order valence-corrected chi connectivity index (χ0v) is 21.8. The van der Waals surface area contributed by atoms with E-state index in [2.05, 4.69) is 0 Å². The maximum Gasteiger partial charge on any atom is 0.269 e. The zero-order chi connectivity index (χ0) is 25.5. The quantitative estimate of drug-likeness (QED) is 0.557.